The molecule has 4 nitrogen and oxygen atoms in total. The maximum atomic E-state index is 15.5. The van der Waals surface area contributed by atoms with E-state index in [1.165, 1.54) is 18.4 Å². The number of nitrogens with two attached hydrogens (primary N) is 1. The average Bonchev–Trinajstić information content (AvgIpc) is 3.42. The molecule has 3 aromatic rings. The summed E-state index contributed by atoms with van der Waals surface area (Å²) >= 11 is 0. The molecule has 0 bridgehead atoms. The Bertz CT molecular complexity index is 1020. The van der Waals surface area contributed by atoms with E-state index in [4.69, 9.17) is 5.73 Å². The van der Waals surface area contributed by atoms with Crippen LogP contribution in [-0.2, 0) is 6.54 Å². The van der Waals surface area contributed by atoms with Crippen LogP contribution in [-0.4, -0.2) is 28.0 Å². The van der Waals surface area contributed by atoms with E-state index >= 15 is 4.39 Å². The van der Waals surface area contributed by atoms with E-state index in [2.05, 4.69) is 52.5 Å². The second kappa shape index (κ2) is 8.71. The first-order valence-corrected chi connectivity index (χ1v) is 11.6. The number of H-pyrrole nitrogens is 1. The molecule has 1 aliphatic carbocycles. The molecule has 31 heavy (non-hydrogen) atoms. The fourth-order valence-corrected chi connectivity index (χ4v) is 5.29. The largest absolute Gasteiger partial charge is 0.341 e. The molecule has 2 heterocycles. The molecule has 1 saturated heterocycles. The number of imidazole rings is 1. The second-order valence-electron chi connectivity index (χ2n) is 9.55. The highest BCUT2D eigenvalue weighted by Crippen LogP contribution is 2.36. The van der Waals surface area contributed by atoms with E-state index < -0.39 is 0 Å². The zero-order chi connectivity index (χ0) is 21.4. The lowest BCUT2D eigenvalue weighted by Crippen LogP contribution is -2.26. The quantitative estimate of drug-likeness (QED) is 0.587. The van der Waals surface area contributed by atoms with Crippen LogP contribution in [0.1, 0.15) is 61.5 Å². The number of fused-ring (bicyclic) bond motifs is 1. The number of aromatic nitrogens is 2. The monoisotopic (exact) mass is 419 g/mol. The van der Waals surface area contributed by atoms with Gasteiger partial charge >= 0.3 is 0 Å². The van der Waals surface area contributed by atoms with E-state index in [9.17, 15) is 0 Å². The molecule has 1 saturated carbocycles. The molecule has 163 valence electrons. The Morgan fingerprint density at radius 1 is 1.13 bits per heavy atom. The minimum atomic E-state index is -0.202. The number of nitrogens with one attached hydrogen (secondary N) is 1. The number of benzene rings is 2. The first-order valence-electron chi connectivity index (χ1n) is 11.6. The lowest BCUT2D eigenvalue weighted by atomic mass is 9.79. The van der Waals surface area contributed by atoms with E-state index in [0.29, 0.717) is 11.4 Å². The van der Waals surface area contributed by atoms with Gasteiger partial charge in [0.25, 0.3) is 0 Å². The van der Waals surface area contributed by atoms with Gasteiger partial charge in [-0.15, -0.1) is 0 Å². The first-order chi connectivity index (χ1) is 15.1. The fourth-order valence-electron chi connectivity index (χ4n) is 5.29. The Balaban J connectivity index is 1.32. The Kier molecular flexibility index (Phi) is 5.81. The summed E-state index contributed by atoms with van der Waals surface area (Å²) in [7, 11) is 0. The maximum Gasteiger partial charge on any atom is 0.154 e. The van der Waals surface area contributed by atoms with Crippen molar-refractivity contribution in [3.05, 3.63) is 71.7 Å². The standard InChI is InChI=1S/C26H32FN4/c1-17-7-9-19(10-8-17)24(28)26-29-22-12-11-21(23(27)25(22)30-26)20-13-14-31(16-20)15-18-5-3-2-4-6-18/h2-6,11-13,17,19-20,24H,7-10,14-16,28H2,1H3,(H,29,30)/t17?,19?,20-,24+/m1/s1. The summed E-state index contributed by atoms with van der Waals surface area (Å²) in [6.07, 6.45) is 6.90. The molecule has 3 N–H and O–H groups in total. The van der Waals surface area contributed by atoms with Crippen molar-refractivity contribution in [2.24, 2.45) is 17.6 Å². The van der Waals surface area contributed by atoms with Crippen molar-refractivity contribution in [3.63, 3.8) is 0 Å². The van der Waals surface area contributed by atoms with Crippen molar-refractivity contribution >= 4 is 11.0 Å². The van der Waals surface area contributed by atoms with E-state index in [1.54, 1.807) is 0 Å². The molecule has 2 atom stereocenters. The van der Waals surface area contributed by atoms with Gasteiger partial charge in [0.05, 0.1) is 11.6 Å². The number of rotatable bonds is 5. The summed E-state index contributed by atoms with van der Waals surface area (Å²) in [4.78, 5) is 10.3. The maximum absolute atomic E-state index is 15.5. The van der Waals surface area contributed by atoms with Crippen LogP contribution < -0.4 is 5.73 Å². The van der Waals surface area contributed by atoms with Crippen molar-refractivity contribution in [1.29, 1.82) is 0 Å². The lowest BCUT2D eigenvalue weighted by Gasteiger charge is -2.29. The van der Waals surface area contributed by atoms with Crippen molar-refractivity contribution in [3.8, 4) is 0 Å². The third kappa shape index (κ3) is 4.26. The van der Waals surface area contributed by atoms with Crippen LogP contribution >= 0.6 is 0 Å². The zero-order valence-corrected chi connectivity index (χ0v) is 18.2. The van der Waals surface area contributed by atoms with Crippen molar-refractivity contribution in [2.45, 2.75) is 51.1 Å². The van der Waals surface area contributed by atoms with Gasteiger partial charge in [-0.05, 0) is 48.3 Å². The number of hydrogen-bond donors (Lipinski definition) is 2. The molecular formula is C26H32FN4. The molecule has 2 aliphatic rings. The number of aromatic amines is 1. The summed E-state index contributed by atoms with van der Waals surface area (Å²) in [6.45, 7) is 4.89. The van der Waals surface area contributed by atoms with E-state index in [0.717, 1.165) is 55.3 Å². The Morgan fingerprint density at radius 2 is 1.90 bits per heavy atom. The van der Waals surface area contributed by atoms with E-state index in [1.807, 2.05) is 18.2 Å². The fraction of sp³-hybridized carbons (Fsp3) is 0.462. The van der Waals surface area contributed by atoms with Gasteiger partial charge in [0.15, 0.2) is 5.82 Å². The Hall–Kier alpha value is -2.24. The Morgan fingerprint density at radius 3 is 2.68 bits per heavy atom. The number of hydrogen-bond acceptors (Lipinski definition) is 3. The van der Waals surface area contributed by atoms with Gasteiger partial charge in [-0.25, -0.2) is 9.37 Å². The summed E-state index contributed by atoms with van der Waals surface area (Å²) in [5.41, 5.74) is 9.75. The highest BCUT2D eigenvalue weighted by molar-refractivity contribution is 5.77. The van der Waals surface area contributed by atoms with Crippen LogP contribution in [0.25, 0.3) is 11.0 Å². The van der Waals surface area contributed by atoms with Gasteiger partial charge in [0, 0.05) is 25.6 Å². The SMILES string of the molecule is CC1CCC([C@H](N)c2nc3c(F)c([C@@H]4[CH]CN(Cc5ccccc5)C4)ccc3[nH]2)CC1. The first kappa shape index (κ1) is 20.7. The minimum Gasteiger partial charge on any atom is -0.341 e. The number of halogens is 1. The zero-order valence-electron chi connectivity index (χ0n) is 18.2. The highest BCUT2D eigenvalue weighted by atomic mass is 19.1. The molecule has 1 aromatic heterocycles. The van der Waals surface area contributed by atoms with Crippen molar-refractivity contribution < 1.29 is 4.39 Å². The summed E-state index contributed by atoms with van der Waals surface area (Å²) in [5.74, 6) is 1.82. The van der Waals surface area contributed by atoms with Crippen LogP contribution in [0, 0.1) is 24.1 Å². The van der Waals surface area contributed by atoms with Crippen LogP contribution in [0.3, 0.4) is 0 Å². The highest BCUT2D eigenvalue weighted by Gasteiger charge is 2.30. The second-order valence-corrected chi connectivity index (χ2v) is 9.55. The number of nitrogens with zero attached hydrogens (tertiary/aromatic N) is 2. The topological polar surface area (TPSA) is 57.9 Å². The normalized spacial score (nSPS) is 25.8. The number of likely N-dealkylation sites (tertiary alicyclic amines) is 1. The van der Waals surface area contributed by atoms with Gasteiger partial charge in [-0.1, -0.05) is 56.2 Å². The summed E-state index contributed by atoms with van der Waals surface area (Å²) in [5, 5.41) is 0. The van der Waals surface area contributed by atoms with Crippen molar-refractivity contribution in [1.82, 2.24) is 14.9 Å². The summed E-state index contributed by atoms with van der Waals surface area (Å²) < 4.78 is 15.5. The smallest absolute Gasteiger partial charge is 0.154 e. The van der Waals surface area contributed by atoms with Gasteiger partial charge < -0.3 is 10.7 Å². The van der Waals surface area contributed by atoms with Crippen molar-refractivity contribution in [2.75, 3.05) is 13.1 Å². The molecule has 1 radical (unpaired) electrons. The third-order valence-corrected chi connectivity index (χ3v) is 7.28. The van der Waals surface area contributed by atoms with Crippen LogP contribution in [0.2, 0.25) is 0 Å². The summed E-state index contributed by atoms with van der Waals surface area (Å²) in [6, 6.07) is 14.2. The molecule has 0 spiro atoms. The van der Waals surface area contributed by atoms with E-state index in [-0.39, 0.29) is 17.8 Å². The van der Waals surface area contributed by atoms with Gasteiger partial charge in [-0.3, -0.25) is 4.90 Å². The molecule has 0 amide bonds. The molecule has 1 aliphatic heterocycles. The molecule has 5 heteroatoms. The molecular weight excluding hydrogens is 387 g/mol. The lowest BCUT2D eigenvalue weighted by molar-refractivity contribution is 0.252. The predicted molar refractivity (Wildman–Crippen MR) is 123 cm³/mol. The predicted octanol–water partition coefficient (Wildman–Crippen LogP) is 5.33. The van der Waals surface area contributed by atoms with Gasteiger partial charge in [0.1, 0.15) is 11.3 Å². The minimum absolute atomic E-state index is 0.0850. The molecule has 5 rings (SSSR count). The molecule has 2 aromatic carbocycles. The van der Waals surface area contributed by atoms with Gasteiger partial charge in [0.2, 0.25) is 0 Å². The molecule has 2 fully saturated rings. The Labute approximate surface area is 184 Å². The molecule has 0 unspecified atom stereocenters. The third-order valence-electron chi connectivity index (χ3n) is 7.28. The average molecular weight is 420 g/mol. The van der Waals surface area contributed by atoms with Crippen LogP contribution in [0.4, 0.5) is 4.39 Å². The van der Waals surface area contributed by atoms with Crippen LogP contribution in [0.15, 0.2) is 42.5 Å². The van der Waals surface area contributed by atoms with Crippen LogP contribution in [0.5, 0.6) is 0 Å². The van der Waals surface area contributed by atoms with Gasteiger partial charge in [-0.2, -0.15) is 0 Å².